The summed E-state index contributed by atoms with van der Waals surface area (Å²) in [5.74, 6) is 1.32. The van der Waals surface area contributed by atoms with E-state index in [1.165, 1.54) is 0 Å². The second-order valence-corrected chi connectivity index (χ2v) is 4.88. The molecule has 0 aliphatic rings. The minimum Gasteiger partial charge on any atom is -0.490 e. The fourth-order valence-corrected chi connectivity index (χ4v) is 2.35. The summed E-state index contributed by atoms with van der Waals surface area (Å²) >= 11 is 12.2. The smallest absolute Gasteiger partial charge is 0.156 e. The van der Waals surface area contributed by atoms with Crippen LogP contribution in [0.1, 0.15) is 5.56 Å². The number of ether oxygens (including phenoxy) is 2. The third-order valence-electron chi connectivity index (χ3n) is 2.48. The van der Waals surface area contributed by atoms with Crippen molar-refractivity contribution >= 4 is 23.2 Å². The normalized spacial score (nSPS) is 10.3. The number of benzene rings is 2. The van der Waals surface area contributed by atoms with Gasteiger partial charge in [-0.05, 0) is 36.8 Å². The number of aryl methyl sites for hydroxylation is 1. The van der Waals surface area contributed by atoms with Crippen LogP contribution in [0.3, 0.4) is 0 Å². The van der Waals surface area contributed by atoms with Gasteiger partial charge in [0.2, 0.25) is 0 Å². The van der Waals surface area contributed by atoms with E-state index >= 15 is 0 Å². The van der Waals surface area contributed by atoms with Crippen LogP contribution in [0.2, 0.25) is 10.0 Å². The molecule has 4 heteroatoms. The zero-order chi connectivity index (χ0) is 13.7. The van der Waals surface area contributed by atoms with Crippen molar-refractivity contribution in [3.05, 3.63) is 58.1 Å². The van der Waals surface area contributed by atoms with Crippen LogP contribution in [0.15, 0.2) is 42.5 Å². The second kappa shape index (κ2) is 6.69. The Bertz CT molecular complexity index is 518. The highest BCUT2D eigenvalue weighted by molar-refractivity contribution is 6.37. The van der Waals surface area contributed by atoms with E-state index < -0.39 is 0 Å². The highest BCUT2D eigenvalue weighted by atomic mass is 35.5. The molecule has 0 unspecified atom stereocenters. The average Bonchev–Trinajstić information content (AvgIpc) is 2.38. The summed E-state index contributed by atoms with van der Waals surface area (Å²) < 4.78 is 11.1. The molecule has 0 bridgehead atoms. The number of hydrogen-bond donors (Lipinski definition) is 0. The SMILES string of the molecule is Cc1cc(Cl)c(OCCOc2ccccc2)c(Cl)c1. The van der Waals surface area contributed by atoms with Crippen LogP contribution >= 0.6 is 23.2 Å². The van der Waals surface area contributed by atoms with Gasteiger partial charge in [0, 0.05) is 0 Å². The van der Waals surface area contributed by atoms with E-state index in [1.807, 2.05) is 49.4 Å². The van der Waals surface area contributed by atoms with E-state index in [1.54, 1.807) is 0 Å². The molecule has 0 saturated heterocycles. The van der Waals surface area contributed by atoms with E-state index in [4.69, 9.17) is 32.7 Å². The monoisotopic (exact) mass is 296 g/mol. The molecule has 0 aliphatic carbocycles. The number of halogens is 2. The van der Waals surface area contributed by atoms with Crippen molar-refractivity contribution in [2.75, 3.05) is 13.2 Å². The van der Waals surface area contributed by atoms with Gasteiger partial charge in [-0.1, -0.05) is 41.4 Å². The molecule has 2 nitrogen and oxygen atoms in total. The predicted octanol–water partition coefficient (Wildman–Crippen LogP) is 4.76. The Kier molecular flexibility index (Phi) is 4.94. The molecular weight excluding hydrogens is 283 g/mol. The summed E-state index contributed by atoms with van der Waals surface area (Å²) in [5, 5.41) is 1.04. The van der Waals surface area contributed by atoms with Gasteiger partial charge >= 0.3 is 0 Å². The Balaban J connectivity index is 1.86. The molecule has 100 valence electrons. The lowest BCUT2D eigenvalue weighted by Gasteiger charge is -2.11. The summed E-state index contributed by atoms with van der Waals surface area (Å²) in [6.45, 7) is 2.75. The fraction of sp³-hybridized carbons (Fsp3) is 0.200. The molecule has 0 saturated carbocycles. The molecule has 0 spiro atoms. The lowest BCUT2D eigenvalue weighted by molar-refractivity contribution is 0.217. The molecule has 0 amide bonds. The molecule has 0 N–H and O–H groups in total. The van der Waals surface area contributed by atoms with Gasteiger partial charge in [0.05, 0.1) is 10.0 Å². The van der Waals surface area contributed by atoms with Crippen LogP contribution in [0, 0.1) is 6.92 Å². The Labute approximate surface area is 122 Å². The van der Waals surface area contributed by atoms with Crippen molar-refractivity contribution in [3.63, 3.8) is 0 Å². The maximum atomic E-state index is 6.08. The maximum Gasteiger partial charge on any atom is 0.156 e. The van der Waals surface area contributed by atoms with Crippen molar-refractivity contribution < 1.29 is 9.47 Å². The van der Waals surface area contributed by atoms with Crippen LogP contribution in [0.4, 0.5) is 0 Å². The van der Waals surface area contributed by atoms with E-state index in [9.17, 15) is 0 Å². The molecule has 0 aromatic heterocycles. The minimum absolute atomic E-state index is 0.386. The topological polar surface area (TPSA) is 18.5 Å². The summed E-state index contributed by atoms with van der Waals surface area (Å²) in [7, 11) is 0. The molecule has 2 aromatic carbocycles. The van der Waals surface area contributed by atoms with E-state index in [-0.39, 0.29) is 0 Å². The van der Waals surface area contributed by atoms with E-state index in [2.05, 4.69) is 0 Å². The molecule has 2 rings (SSSR count). The van der Waals surface area contributed by atoms with Crippen molar-refractivity contribution in [1.29, 1.82) is 0 Å². The van der Waals surface area contributed by atoms with Gasteiger partial charge in [0.1, 0.15) is 19.0 Å². The van der Waals surface area contributed by atoms with Crippen molar-refractivity contribution in [1.82, 2.24) is 0 Å². The molecule has 0 heterocycles. The quantitative estimate of drug-likeness (QED) is 0.741. The summed E-state index contributed by atoms with van der Waals surface area (Å²) in [5.41, 5.74) is 1.00. The number of rotatable bonds is 5. The summed E-state index contributed by atoms with van der Waals surface area (Å²) in [6, 6.07) is 13.2. The van der Waals surface area contributed by atoms with Crippen LogP contribution in [0.5, 0.6) is 11.5 Å². The second-order valence-electron chi connectivity index (χ2n) is 4.07. The number of hydrogen-bond acceptors (Lipinski definition) is 2. The van der Waals surface area contributed by atoms with Gasteiger partial charge in [-0.25, -0.2) is 0 Å². The molecule has 0 aliphatic heterocycles. The maximum absolute atomic E-state index is 6.08. The molecular formula is C15H14Cl2O2. The zero-order valence-electron chi connectivity index (χ0n) is 10.5. The molecule has 0 fully saturated rings. The third kappa shape index (κ3) is 4.05. The van der Waals surface area contributed by atoms with E-state index in [0.717, 1.165) is 11.3 Å². The lowest BCUT2D eigenvalue weighted by atomic mass is 10.2. The van der Waals surface area contributed by atoms with Gasteiger partial charge in [-0.2, -0.15) is 0 Å². The van der Waals surface area contributed by atoms with Crippen molar-refractivity contribution in [2.24, 2.45) is 0 Å². The highest BCUT2D eigenvalue weighted by Gasteiger charge is 2.08. The molecule has 0 radical (unpaired) electrons. The summed E-state index contributed by atoms with van der Waals surface area (Å²) in [4.78, 5) is 0. The first-order chi connectivity index (χ1) is 9.16. The first kappa shape index (κ1) is 14.0. The summed E-state index contributed by atoms with van der Waals surface area (Å²) in [6.07, 6.45) is 0. The first-order valence-corrected chi connectivity index (χ1v) is 6.68. The van der Waals surface area contributed by atoms with Crippen LogP contribution in [-0.2, 0) is 0 Å². The first-order valence-electron chi connectivity index (χ1n) is 5.93. The minimum atomic E-state index is 0.386. The van der Waals surface area contributed by atoms with Gasteiger partial charge < -0.3 is 9.47 Å². The van der Waals surface area contributed by atoms with Crippen LogP contribution < -0.4 is 9.47 Å². The standard InChI is InChI=1S/C15H14Cl2O2/c1-11-9-13(16)15(14(17)10-11)19-8-7-18-12-5-3-2-4-6-12/h2-6,9-10H,7-8H2,1H3. The Hall–Kier alpha value is -1.38. The van der Waals surface area contributed by atoms with Crippen molar-refractivity contribution in [2.45, 2.75) is 6.92 Å². The lowest BCUT2D eigenvalue weighted by Crippen LogP contribution is -2.09. The van der Waals surface area contributed by atoms with Crippen LogP contribution in [0.25, 0.3) is 0 Å². The fourth-order valence-electron chi connectivity index (χ4n) is 1.64. The highest BCUT2D eigenvalue weighted by Crippen LogP contribution is 2.33. The van der Waals surface area contributed by atoms with Gasteiger partial charge in [0.25, 0.3) is 0 Å². The van der Waals surface area contributed by atoms with Gasteiger partial charge in [0.15, 0.2) is 5.75 Å². The third-order valence-corrected chi connectivity index (χ3v) is 3.05. The Morgan fingerprint density at radius 3 is 2.11 bits per heavy atom. The van der Waals surface area contributed by atoms with Crippen LogP contribution in [-0.4, -0.2) is 13.2 Å². The number of para-hydroxylation sites is 1. The molecule has 19 heavy (non-hydrogen) atoms. The average molecular weight is 297 g/mol. The van der Waals surface area contributed by atoms with Gasteiger partial charge in [-0.3, -0.25) is 0 Å². The molecule has 2 aromatic rings. The largest absolute Gasteiger partial charge is 0.490 e. The molecule has 0 atom stereocenters. The van der Waals surface area contributed by atoms with Crippen molar-refractivity contribution in [3.8, 4) is 11.5 Å². The Morgan fingerprint density at radius 1 is 0.895 bits per heavy atom. The Morgan fingerprint density at radius 2 is 1.47 bits per heavy atom. The predicted molar refractivity (Wildman–Crippen MR) is 78.6 cm³/mol. The zero-order valence-corrected chi connectivity index (χ0v) is 12.0. The van der Waals surface area contributed by atoms with Gasteiger partial charge in [-0.15, -0.1) is 0 Å². The van der Waals surface area contributed by atoms with E-state index in [0.29, 0.717) is 29.0 Å².